The molecule has 0 radical (unpaired) electrons. The summed E-state index contributed by atoms with van der Waals surface area (Å²) in [7, 11) is -3.32. The van der Waals surface area contributed by atoms with Gasteiger partial charge >= 0.3 is 0 Å². The summed E-state index contributed by atoms with van der Waals surface area (Å²) in [6.07, 6.45) is 1.79. The van der Waals surface area contributed by atoms with Crippen LogP contribution in [0.25, 0.3) is 0 Å². The number of oxime groups is 1. The minimum Gasteiger partial charge on any atom is -0.544 e. The summed E-state index contributed by atoms with van der Waals surface area (Å²) >= 11 is 0. The SMILES string of the molecule is CC(C)(C)c1ccc(O[Si](C)(C)C)c(C=NO[Si](C)(C)C)c1. The van der Waals surface area contributed by atoms with Crippen molar-refractivity contribution in [2.24, 2.45) is 5.16 Å². The Hall–Kier alpha value is -1.08. The van der Waals surface area contributed by atoms with Crippen molar-refractivity contribution in [3.63, 3.8) is 0 Å². The molecule has 0 N–H and O–H groups in total. The van der Waals surface area contributed by atoms with Gasteiger partial charge in [0.05, 0.1) is 6.21 Å². The Kier molecular flexibility index (Phi) is 5.68. The van der Waals surface area contributed by atoms with Crippen molar-refractivity contribution in [2.45, 2.75) is 65.5 Å². The molecule has 0 atom stereocenters. The first-order chi connectivity index (χ1) is 9.78. The van der Waals surface area contributed by atoms with Crippen LogP contribution in [0.3, 0.4) is 0 Å². The van der Waals surface area contributed by atoms with E-state index in [1.54, 1.807) is 6.21 Å². The first kappa shape index (κ1) is 19.0. The van der Waals surface area contributed by atoms with Crippen molar-refractivity contribution in [1.29, 1.82) is 0 Å². The Morgan fingerprint density at radius 3 is 2.00 bits per heavy atom. The quantitative estimate of drug-likeness (QED) is 0.410. The van der Waals surface area contributed by atoms with Crippen molar-refractivity contribution < 1.29 is 8.95 Å². The number of nitrogens with zero attached hydrogens (tertiary/aromatic N) is 1. The average molecular weight is 338 g/mol. The Bertz CT molecular complexity index is 535. The fourth-order valence-corrected chi connectivity index (χ4v) is 2.99. The van der Waals surface area contributed by atoms with Crippen LogP contribution in [-0.4, -0.2) is 22.8 Å². The zero-order valence-electron chi connectivity index (χ0n) is 15.6. The van der Waals surface area contributed by atoms with E-state index in [-0.39, 0.29) is 5.41 Å². The molecular formula is C17H31NO2Si2. The van der Waals surface area contributed by atoms with Crippen molar-refractivity contribution in [1.82, 2.24) is 0 Å². The van der Waals surface area contributed by atoms with Crippen LogP contribution in [0.15, 0.2) is 23.4 Å². The van der Waals surface area contributed by atoms with E-state index in [4.69, 9.17) is 8.95 Å². The van der Waals surface area contributed by atoms with Gasteiger partial charge in [0.15, 0.2) is 0 Å². The van der Waals surface area contributed by atoms with Gasteiger partial charge in [0, 0.05) is 5.56 Å². The topological polar surface area (TPSA) is 30.8 Å². The van der Waals surface area contributed by atoms with Gasteiger partial charge in [-0.25, -0.2) is 0 Å². The van der Waals surface area contributed by atoms with Gasteiger partial charge < -0.3 is 8.95 Å². The number of rotatable bonds is 5. The van der Waals surface area contributed by atoms with E-state index >= 15 is 0 Å². The highest BCUT2D eigenvalue weighted by atomic mass is 28.4. The second-order valence-electron chi connectivity index (χ2n) is 8.66. The van der Waals surface area contributed by atoms with E-state index in [1.807, 2.05) is 0 Å². The largest absolute Gasteiger partial charge is 0.544 e. The van der Waals surface area contributed by atoms with Gasteiger partial charge in [-0.1, -0.05) is 26.8 Å². The summed E-state index contributed by atoms with van der Waals surface area (Å²) < 4.78 is 11.8. The molecule has 0 saturated carbocycles. The fourth-order valence-electron chi connectivity index (χ4n) is 1.78. The molecule has 0 heterocycles. The van der Waals surface area contributed by atoms with Crippen LogP contribution < -0.4 is 4.43 Å². The van der Waals surface area contributed by atoms with Crippen LogP contribution >= 0.6 is 0 Å². The predicted octanol–water partition coefficient (Wildman–Crippen LogP) is 5.38. The maximum atomic E-state index is 6.19. The van der Waals surface area contributed by atoms with E-state index in [0.717, 1.165) is 11.3 Å². The highest BCUT2D eigenvalue weighted by Gasteiger charge is 2.21. The van der Waals surface area contributed by atoms with E-state index < -0.39 is 16.6 Å². The zero-order chi connectivity index (χ0) is 17.2. The molecule has 22 heavy (non-hydrogen) atoms. The van der Waals surface area contributed by atoms with E-state index in [2.05, 4.69) is 83.4 Å². The van der Waals surface area contributed by atoms with Gasteiger partial charge in [0.2, 0.25) is 8.32 Å². The fraction of sp³-hybridized carbons (Fsp3) is 0.588. The van der Waals surface area contributed by atoms with Gasteiger partial charge in [0.1, 0.15) is 5.75 Å². The van der Waals surface area contributed by atoms with E-state index in [9.17, 15) is 0 Å². The molecule has 0 aliphatic rings. The lowest BCUT2D eigenvalue weighted by molar-refractivity contribution is 0.338. The van der Waals surface area contributed by atoms with Gasteiger partial charge in [-0.05, 0) is 62.4 Å². The third-order valence-corrected chi connectivity index (χ3v) is 4.30. The molecule has 124 valence electrons. The van der Waals surface area contributed by atoms with Crippen LogP contribution in [0.1, 0.15) is 31.9 Å². The summed E-state index contributed by atoms with van der Waals surface area (Å²) in [4.78, 5) is 0. The molecule has 0 aliphatic carbocycles. The number of hydrogen-bond acceptors (Lipinski definition) is 3. The van der Waals surface area contributed by atoms with E-state index in [0.29, 0.717) is 0 Å². The molecule has 5 heteroatoms. The molecule has 0 aliphatic heterocycles. The molecule has 0 bridgehead atoms. The number of hydrogen-bond donors (Lipinski definition) is 0. The second kappa shape index (κ2) is 6.58. The van der Waals surface area contributed by atoms with Crippen LogP contribution in [0, 0.1) is 0 Å². The maximum absolute atomic E-state index is 6.19. The summed E-state index contributed by atoms with van der Waals surface area (Å²) in [5.41, 5.74) is 2.36. The minimum atomic E-state index is -1.66. The first-order valence-electron chi connectivity index (χ1n) is 7.83. The Morgan fingerprint density at radius 1 is 0.955 bits per heavy atom. The lowest BCUT2D eigenvalue weighted by atomic mass is 9.86. The lowest BCUT2D eigenvalue weighted by Gasteiger charge is -2.24. The molecule has 0 saturated heterocycles. The highest BCUT2D eigenvalue weighted by molar-refractivity contribution is 6.70. The molecule has 0 fully saturated rings. The summed E-state index contributed by atoms with van der Waals surface area (Å²) in [6, 6.07) is 6.37. The molecule has 0 unspecified atom stereocenters. The summed E-state index contributed by atoms with van der Waals surface area (Å²) in [5, 5.41) is 4.20. The van der Waals surface area contributed by atoms with Crippen LogP contribution in [0.2, 0.25) is 39.3 Å². The van der Waals surface area contributed by atoms with Crippen molar-refractivity contribution in [3.05, 3.63) is 29.3 Å². The van der Waals surface area contributed by atoms with Gasteiger partial charge in [-0.2, -0.15) is 0 Å². The van der Waals surface area contributed by atoms with Crippen LogP contribution in [0.4, 0.5) is 0 Å². The first-order valence-corrected chi connectivity index (χ1v) is 14.6. The molecule has 1 aromatic rings. The smallest absolute Gasteiger partial charge is 0.278 e. The molecule has 1 rings (SSSR count). The number of benzene rings is 1. The standard InChI is InChI=1S/C17H31NO2Si2/c1-17(2,3)15-10-11-16(19-21(4,5)6)14(12-15)13-18-20-22(7,8)9/h10-13H,1-9H3. The molecule has 0 aromatic heterocycles. The van der Waals surface area contributed by atoms with Crippen molar-refractivity contribution >= 4 is 22.8 Å². The summed E-state index contributed by atoms with van der Waals surface area (Å²) in [6.45, 7) is 19.5. The van der Waals surface area contributed by atoms with E-state index in [1.165, 1.54) is 5.56 Å². The summed E-state index contributed by atoms with van der Waals surface area (Å²) in [5.74, 6) is 0.898. The zero-order valence-corrected chi connectivity index (χ0v) is 17.6. The normalized spacial score (nSPS) is 13.5. The minimum absolute atomic E-state index is 0.0971. The average Bonchev–Trinajstić information content (AvgIpc) is 2.26. The van der Waals surface area contributed by atoms with Crippen LogP contribution in [0.5, 0.6) is 5.75 Å². The monoisotopic (exact) mass is 337 g/mol. The second-order valence-corrected chi connectivity index (χ2v) is 17.5. The maximum Gasteiger partial charge on any atom is 0.278 e. The molecule has 3 nitrogen and oxygen atoms in total. The molecule has 0 spiro atoms. The van der Waals surface area contributed by atoms with Gasteiger partial charge in [-0.15, -0.1) is 5.16 Å². The third kappa shape index (κ3) is 6.79. The van der Waals surface area contributed by atoms with Crippen molar-refractivity contribution in [2.75, 3.05) is 0 Å². The third-order valence-electron chi connectivity index (χ3n) is 2.81. The van der Waals surface area contributed by atoms with Crippen LogP contribution in [-0.2, 0) is 9.94 Å². The predicted molar refractivity (Wildman–Crippen MR) is 101 cm³/mol. The Labute approximate surface area is 138 Å². The Balaban J connectivity index is 3.17. The molecule has 1 aromatic carbocycles. The highest BCUT2D eigenvalue weighted by Crippen LogP contribution is 2.28. The van der Waals surface area contributed by atoms with Gasteiger partial charge in [-0.3, -0.25) is 0 Å². The van der Waals surface area contributed by atoms with Crippen molar-refractivity contribution in [3.8, 4) is 5.75 Å². The molecule has 0 amide bonds. The Morgan fingerprint density at radius 2 is 1.55 bits per heavy atom. The molecular weight excluding hydrogens is 306 g/mol. The van der Waals surface area contributed by atoms with Gasteiger partial charge in [0.25, 0.3) is 8.32 Å². The lowest BCUT2D eigenvalue weighted by Crippen LogP contribution is -2.30.